The minimum Gasteiger partial charge on any atom is -0.494 e. The molecule has 0 N–H and O–H groups in total. The van der Waals surface area contributed by atoms with E-state index in [2.05, 4.69) is 27.8 Å². The average Bonchev–Trinajstić information content (AvgIpc) is 2.30. The number of methoxy groups -OCH3 is 1. The molecule has 1 rings (SSSR count). The fourth-order valence-corrected chi connectivity index (χ4v) is 1.64. The van der Waals surface area contributed by atoms with E-state index in [1.807, 2.05) is 6.07 Å². The molecule has 0 saturated heterocycles. The van der Waals surface area contributed by atoms with Gasteiger partial charge in [0, 0.05) is 6.20 Å². The highest BCUT2D eigenvalue weighted by Crippen LogP contribution is 2.32. The maximum absolute atomic E-state index is 9.04. The Labute approximate surface area is 103 Å². The summed E-state index contributed by atoms with van der Waals surface area (Å²) in [4.78, 5) is 4.06. The van der Waals surface area contributed by atoms with Crippen LogP contribution in [0.1, 0.15) is 25.3 Å². The van der Waals surface area contributed by atoms with E-state index in [0.717, 1.165) is 12.8 Å². The number of aromatic nitrogens is 1. The van der Waals surface area contributed by atoms with Crippen LogP contribution in [0.2, 0.25) is 0 Å². The first-order valence-electron chi connectivity index (χ1n) is 5.00. The van der Waals surface area contributed by atoms with E-state index in [0.29, 0.717) is 28.3 Å². The van der Waals surface area contributed by atoms with Crippen molar-refractivity contribution in [3.63, 3.8) is 0 Å². The van der Waals surface area contributed by atoms with Gasteiger partial charge >= 0.3 is 0 Å². The smallest absolute Gasteiger partial charge is 0.235 e. The van der Waals surface area contributed by atoms with E-state index < -0.39 is 0 Å². The van der Waals surface area contributed by atoms with Crippen molar-refractivity contribution in [2.45, 2.75) is 19.8 Å². The van der Waals surface area contributed by atoms with Crippen LogP contribution in [0.3, 0.4) is 0 Å². The standard InChI is InChI=1S/C11H13BrN2O2/c1-3-4-5-16-11-8(6-13)10(15-2)9(12)7-14-11/h7H,3-5H2,1-2H3. The van der Waals surface area contributed by atoms with Crippen molar-refractivity contribution in [2.75, 3.05) is 13.7 Å². The van der Waals surface area contributed by atoms with Crippen molar-refractivity contribution in [3.8, 4) is 17.7 Å². The highest BCUT2D eigenvalue weighted by molar-refractivity contribution is 9.10. The Balaban J connectivity index is 2.97. The Bertz CT molecular complexity index is 402. The molecule has 0 amide bonds. The molecule has 1 aromatic rings. The van der Waals surface area contributed by atoms with Gasteiger partial charge < -0.3 is 9.47 Å². The Morgan fingerprint density at radius 1 is 1.56 bits per heavy atom. The molecule has 0 spiro atoms. The van der Waals surface area contributed by atoms with Crippen LogP contribution in [0.15, 0.2) is 10.7 Å². The van der Waals surface area contributed by atoms with Gasteiger partial charge in [0.15, 0.2) is 11.3 Å². The van der Waals surface area contributed by atoms with Crippen molar-refractivity contribution in [1.82, 2.24) is 4.98 Å². The lowest BCUT2D eigenvalue weighted by Gasteiger charge is -2.10. The molecule has 1 heterocycles. The first-order valence-corrected chi connectivity index (χ1v) is 5.79. The van der Waals surface area contributed by atoms with E-state index in [-0.39, 0.29) is 0 Å². The largest absolute Gasteiger partial charge is 0.494 e. The number of unbranched alkanes of at least 4 members (excludes halogenated alkanes) is 1. The molecule has 0 aromatic carbocycles. The van der Waals surface area contributed by atoms with Crippen molar-refractivity contribution in [2.24, 2.45) is 0 Å². The highest BCUT2D eigenvalue weighted by atomic mass is 79.9. The van der Waals surface area contributed by atoms with E-state index in [1.54, 1.807) is 6.20 Å². The predicted octanol–water partition coefficient (Wildman–Crippen LogP) is 2.90. The zero-order valence-electron chi connectivity index (χ0n) is 9.29. The van der Waals surface area contributed by atoms with E-state index in [9.17, 15) is 0 Å². The van der Waals surface area contributed by atoms with Crippen molar-refractivity contribution in [1.29, 1.82) is 5.26 Å². The van der Waals surface area contributed by atoms with Gasteiger partial charge in [-0.3, -0.25) is 0 Å². The van der Waals surface area contributed by atoms with Crippen LogP contribution in [-0.2, 0) is 0 Å². The van der Waals surface area contributed by atoms with Gasteiger partial charge in [-0.15, -0.1) is 0 Å². The van der Waals surface area contributed by atoms with Crippen LogP contribution in [0.4, 0.5) is 0 Å². The Morgan fingerprint density at radius 2 is 2.31 bits per heavy atom. The molecule has 0 fully saturated rings. The minimum atomic E-state index is 0.327. The monoisotopic (exact) mass is 284 g/mol. The molecule has 1 aromatic heterocycles. The van der Waals surface area contributed by atoms with Gasteiger partial charge in [-0.05, 0) is 22.4 Å². The van der Waals surface area contributed by atoms with Gasteiger partial charge in [0.1, 0.15) is 6.07 Å². The molecule has 4 nitrogen and oxygen atoms in total. The number of hydrogen-bond acceptors (Lipinski definition) is 4. The predicted molar refractivity (Wildman–Crippen MR) is 63.6 cm³/mol. The molecular formula is C11H13BrN2O2. The molecule has 0 unspecified atom stereocenters. The second kappa shape index (κ2) is 6.33. The van der Waals surface area contributed by atoms with Gasteiger partial charge in [0.05, 0.1) is 18.2 Å². The molecule has 86 valence electrons. The summed E-state index contributed by atoms with van der Waals surface area (Å²) in [6.07, 6.45) is 3.54. The fourth-order valence-electron chi connectivity index (χ4n) is 1.18. The normalized spacial score (nSPS) is 9.62. The van der Waals surface area contributed by atoms with Crippen LogP contribution < -0.4 is 9.47 Å². The first kappa shape index (κ1) is 12.8. The third-order valence-corrected chi connectivity index (χ3v) is 2.57. The number of hydrogen-bond donors (Lipinski definition) is 0. The van der Waals surface area contributed by atoms with Gasteiger partial charge in [0.25, 0.3) is 0 Å². The molecular weight excluding hydrogens is 272 g/mol. The van der Waals surface area contributed by atoms with Crippen LogP contribution in [-0.4, -0.2) is 18.7 Å². The Kier molecular flexibility index (Phi) is 5.06. The van der Waals surface area contributed by atoms with Crippen LogP contribution in [0.5, 0.6) is 11.6 Å². The topological polar surface area (TPSA) is 55.1 Å². The van der Waals surface area contributed by atoms with Crippen molar-refractivity contribution < 1.29 is 9.47 Å². The van der Waals surface area contributed by atoms with Crippen molar-refractivity contribution >= 4 is 15.9 Å². The summed E-state index contributed by atoms with van der Waals surface area (Å²) in [6, 6.07) is 2.04. The van der Waals surface area contributed by atoms with Crippen LogP contribution in [0, 0.1) is 11.3 Å². The highest BCUT2D eigenvalue weighted by Gasteiger charge is 2.15. The number of ether oxygens (including phenoxy) is 2. The molecule has 0 aliphatic heterocycles. The first-order chi connectivity index (χ1) is 7.74. The lowest BCUT2D eigenvalue weighted by atomic mass is 10.2. The molecule has 0 aliphatic rings. The lowest BCUT2D eigenvalue weighted by molar-refractivity contribution is 0.293. The third-order valence-electron chi connectivity index (χ3n) is 2.01. The Morgan fingerprint density at radius 3 is 2.88 bits per heavy atom. The van der Waals surface area contributed by atoms with Crippen LogP contribution in [0.25, 0.3) is 0 Å². The summed E-state index contributed by atoms with van der Waals surface area (Å²) < 4.78 is 11.2. The summed E-state index contributed by atoms with van der Waals surface area (Å²) in [5.41, 5.74) is 0.327. The van der Waals surface area contributed by atoms with Gasteiger partial charge in [0.2, 0.25) is 5.88 Å². The Hall–Kier alpha value is -1.28. The van der Waals surface area contributed by atoms with E-state index in [1.165, 1.54) is 7.11 Å². The number of pyridine rings is 1. The maximum Gasteiger partial charge on any atom is 0.235 e. The molecule has 16 heavy (non-hydrogen) atoms. The second-order valence-electron chi connectivity index (χ2n) is 3.13. The fraction of sp³-hybridized carbons (Fsp3) is 0.455. The molecule has 0 radical (unpaired) electrons. The third kappa shape index (κ3) is 2.86. The van der Waals surface area contributed by atoms with Gasteiger partial charge in [-0.1, -0.05) is 13.3 Å². The summed E-state index contributed by atoms with van der Waals surface area (Å²) >= 11 is 3.27. The van der Waals surface area contributed by atoms with Gasteiger partial charge in [-0.25, -0.2) is 4.98 Å². The maximum atomic E-state index is 9.04. The number of rotatable bonds is 5. The zero-order valence-corrected chi connectivity index (χ0v) is 10.9. The van der Waals surface area contributed by atoms with Crippen molar-refractivity contribution in [3.05, 3.63) is 16.2 Å². The quantitative estimate of drug-likeness (QED) is 0.780. The molecule has 0 bridgehead atoms. The van der Waals surface area contributed by atoms with Gasteiger partial charge in [-0.2, -0.15) is 5.26 Å². The second-order valence-corrected chi connectivity index (χ2v) is 3.99. The molecule has 5 heteroatoms. The summed E-state index contributed by atoms with van der Waals surface area (Å²) in [6.45, 7) is 2.63. The van der Waals surface area contributed by atoms with Crippen LogP contribution >= 0.6 is 15.9 Å². The molecule has 0 aliphatic carbocycles. The molecule has 0 saturated carbocycles. The van der Waals surface area contributed by atoms with E-state index >= 15 is 0 Å². The zero-order chi connectivity index (χ0) is 12.0. The average molecular weight is 285 g/mol. The summed E-state index contributed by atoms with van der Waals surface area (Å²) in [5, 5.41) is 9.04. The number of nitriles is 1. The lowest BCUT2D eigenvalue weighted by Crippen LogP contribution is -2.02. The summed E-state index contributed by atoms with van der Waals surface area (Å²) in [5.74, 6) is 0.792. The minimum absolute atomic E-state index is 0.327. The number of nitrogens with zero attached hydrogens (tertiary/aromatic N) is 2. The van der Waals surface area contributed by atoms with E-state index in [4.69, 9.17) is 14.7 Å². The molecule has 0 atom stereocenters. The number of halogens is 1. The summed E-state index contributed by atoms with van der Waals surface area (Å²) in [7, 11) is 1.51. The SMILES string of the molecule is CCCCOc1ncc(Br)c(OC)c1C#N.